The molecule has 22 heavy (non-hydrogen) atoms. The largest absolute Gasteiger partial charge is 0.461 e. The highest BCUT2D eigenvalue weighted by Gasteiger charge is 2.19. The van der Waals surface area contributed by atoms with Gasteiger partial charge in [0.2, 0.25) is 0 Å². The van der Waals surface area contributed by atoms with E-state index in [4.69, 9.17) is 4.74 Å². The highest BCUT2D eigenvalue weighted by atomic mass is 16.5. The van der Waals surface area contributed by atoms with Crippen molar-refractivity contribution in [3.63, 3.8) is 0 Å². The number of aryl methyl sites for hydroxylation is 2. The Labute approximate surface area is 127 Å². The van der Waals surface area contributed by atoms with Crippen LogP contribution in [0.1, 0.15) is 28.8 Å². The topological polar surface area (TPSA) is 69.9 Å². The second kappa shape index (κ2) is 5.55. The molecule has 1 aromatic carbocycles. The van der Waals surface area contributed by atoms with Gasteiger partial charge < -0.3 is 4.74 Å². The van der Waals surface area contributed by atoms with Gasteiger partial charge in [-0.3, -0.25) is 0 Å². The summed E-state index contributed by atoms with van der Waals surface area (Å²) in [7, 11) is 0. The molecular formula is C16H16N4O2. The van der Waals surface area contributed by atoms with E-state index in [0.29, 0.717) is 23.5 Å². The van der Waals surface area contributed by atoms with Crippen molar-refractivity contribution in [2.45, 2.75) is 20.8 Å². The zero-order valence-corrected chi connectivity index (χ0v) is 12.7. The third kappa shape index (κ3) is 2.32. The fraction of sp³-hybridized carbons (Fsp3) is 0.250. The first-order valence-electron chi connectivity index (χ1n) is 7.08. The maximum atomic E-state index is 11.9. The number of esters is 1. The molecule has 0 unspecified atom stereocenters. The predicted octanol–water partition coefficient (Wildman–Crippen LogP) is 2.61. The molecule has 0 aliphatic carbocycles. The van der Waals surface area contributed by atoms with Gasteiger partial charge >= 0.3 is 5.97 Å². The van der Waals surface area contributed by atoms with Crippen LogP contribution in [0.4, 0.5) is 0 Å². The van der Waals surface area contributed by atoms with Crippen molar-refractivity contribution in [1.82, 2.24) is 19.7 Å². The van der Waals surface area contributed by atoms with Crippen LogP contribution in [0.2, 0.25) is 0 Å². The summed E-state index contributed by atoms with van der Waals surface area (Å²) < 4.78 is 6.76. The van der Waals surface area contributed by atoms with Crippen molar-refractivity contribution in [3.8, 4) is 5.69 Å². The molecule has 3 rings (SSSR count). The van der Waals surface area contributed by atoms with E-state index >= 15 is 0 Å². The summed E-state index contributed by atoms with van der Waals surface area (Å²) in [6.45, 7) is 5.66. The molecule has 0 aliphatic rings. The Morgan fingerprint density at radius 2 is 1.86 bits per heavy atom. The summed E-state index contributed by atoms with van der Waals surface area (Å²) in [5.74, 6) is -0.457. The standard InChI is InChI=1S/C16H16N4O2/c1-4-22-16(21)14-10(2)17-15-13(18-14)11(3)19-20(15)12-8-6-5-7-9-12/h5-9H,4H2,1-3H3. The van der Waals surface area contributed by atoms with Crippen molar-refractivity contribution in [1.29, 1.82) is 0 Å². The number of hydrogen-bond acceptors (Lipinski definition) is 5. The van der Waals surface area contributed by atoms with Gasteiger partial charge in [0.25, 0.3) is 0 Å². The first-order chi connectivity index (χ1) is 10.6. The van der Waals surface area contributed by atoms with Gasteiger partial charge in [0.1, 0.15) is 5.52 Å². The summed E-state index contributed by atoms with van der Waals surface area (Å²) in [5.41, 5.74) is 3.63. The molecule has 6 heteroatoms. The summed E-state index contributed by atoms with van der Waals surface area (Å²) in [6.07, 6.45) is 0. The highest BCUT2D eigenvalue weighted by Crippen LogP contribution is 2.20. The lowest BCUT2D eigenvalue weighted by atomic mass is 10.3. The van der Waals surface area contributed by atoms with E-state index in [0.717, 1.165) is 11.4 Å². The molecule has 0 spiro atoms. The smallest absolute Gasteiger partial charge is 0.358 e. The lowest BCUT2D eigenvalue weighted by Gasteiger charge is -2.06. The summed E-state index contributed by atoms with van der Waals surface area (Å²) in [6, 6.07) is 9.71. The minimum atomic E-state index is -0.457. The summed E-state index contributed by atoms with van der Waals surface area (Å²) >= 11 is 0. The molecule has 0 N–H and O–H groups in total. The van der Waals surface area contributed by atoms with E-state index < -0.39 is 5.97 Å². The van der Waals surface area contributed by atoms with Crippen LogP contribution in [0.3, 0.4) is 0 Å². The van der Waals surface area contributed by atoms with Crippen LogP contribution >= 0.6 is 0 Å². The number of hydrogen-bond donors (Lipinski definition) is 0. The van der Waals surface area contributed by atoms with Crippen LogP contribution in [0.15, 0.2) is 30.3 Å². The fourth-order valence-corrected chi connectivity index (χ4v) is 2.28. The van der Waals surface area contributed by atoms with E-state index in [1.807, 2.05) is 37.3 Å². The molecule has 0 amide bonds. The predicted molar refractivity (Wildman–Crippen MR) is 82.1 cm³/mol. The second-order valence-corrected chi connectivity index (χ2v) is 4.88. The molecule has 0 saturated heterocycles. The number of carbonyl (C=O) groups excluding carboxylic acids is 1. The minimum Gasteiger partial charge on any atom is -0.461 e. The number of rotatable bonds is 3. The Kier molecular flexibility index (Phi) is 3.58. The summed E-state index contributed by atoms with van der Waals surface area (Å²) in [5, 5.41) is 4.49. The van der Waals surface area contributed by atoms with Gasteiger partial charge in [-0.05, 0) is 32.9 Å². The van der Waals surface area contributed by atoms with Crippen LogP contribution in [-0.4, -0.2) is 32.3 Å². The quantitative estimate of drug-likeness (QED) is 0.695. The Morgan fingerprint density at radius 3 is 2.55 bits per heavy atom. The number of aromatic nitrogens is 4. The maximum Gasteiger partial charge on any atom is 0.358 e. The van der Waals surface area contributed by atoms with Crippen LogP contribution in [-0.2, 0) is 4.74 Å². The molecule has 3 aromatic rings. The zero-order chi connectivity index (χ0) is 15.7. The van der Waals surface area contributed by atoms with E-state index in [9.17, 15) is 4.79 Å². The molecule has 0 radical (unpaired) electrons. The average molecular weight is 296 g/mol. The second-order valence-electron chi connectivity index (χ2n) is 4.88. The minimum absolute atomic E-state index is 0.241. The normalized spacial score (nSPS) is 10.9. The molecule has 112 valence electrons. The van der Waals surface area contributed by atoms with Crippen molar-refractivity contribution in [2.24, 2.45) is 0 Å². The van der Waals surface area contributed by atoms with Gasteiger partial charge in [0, 0.05) is 0 Å². The molecule has 0 fully saturated rings. The van der Waals surface area contributed by atoms with Crippen molar-refractivity contribution in [2.75, 3.05) is 6.61 Å². The Morgan fingerprint density at radius 1 is 1.14 bits per heavy atom. The third-order valence-electron chi connectivity index (χ3n) is 3.31. The van der Waals surface area contributed by atoms with Gasteiger partial charge in [-0.2, -0.15) is 5.10 Å². The molecule has 0 atom stereocenters. The zero-order valence-electron chi connectivity index (χ0n) is 12.7. The first kappa shape index (κ1) is 14.2. The average Bonchev–Trinajstić information content (AvgIpc) is 2.84. The summed E-state index contributed by atoms with van der Waals surface area (Å²) in [4.78, 5) is 20.9. The monoisotopic (exact) mass is 296 g/mol. The number of para-hydroxylation sites is 1. The molecule has 0 bridgehead atoms. The van der Waals surface area contributed by atoms with Gasteiger partial charge in [0.05, 0.1) is 23.7 Å². The first-order valence-corrected chi connectivity index (χ1v) is 7.08. The van der Waals surface area contributed by atoms with E-state index in [1.54, 1.807) is 18.5 Å². The number of nitrogens with zero attached hydrogens (tertiary/aromatic N) is 4. The number of fused-ring (bicyclic) bond motifs is 1. The molecule has 2 heterocycles. The SMILES string of the molecule is CCOC(=O)c1nc2c(C)nn(-c3ccccc3)c2nc1C. The molecule has 0 aliphatic heterocycles. The van der Waals surface area contributed by atoms with Crippen LogP contribution in [0.25, 0.3) is 16.9 Å². The Bertz CT molecular complexity index is 840. The van der Waals surface area contributed by atoms with Crippen LogP contribution in [0.5, 0.6) is 0 Å². The van der Waals surface area contributed by atoms with Crippen molar-refractivity contribution in [3.05, 3.63) is 47.4 Å². The van der Waals surface area contributed by atoms with Gasteiger partial charge in [-0.1, -0.05) is 18.2 Å². The van der Waals surface area contributed by atoms with E-state index in [-0.39, 0.29) is 5.69 Å². The Hall–Kier alpha value is -2.76. The molecule has 0 saturated carbocycles. The number of carbonyl (C=O) groups is 1. The molecule has 6 nitrogen and oxygen atoms in total. The van der Waals surface area contributed by atoms with Crippen LogP contribution < -0.4 is 0 Å². The fourth-order valence-electron chi connectivity index (χ4n) is 2.28. The van der Waals surface area contributed by atoms with Crippen LogP contribution in [0, 0.1) is 13.8 Å². The van der Waals surface area contributed by atoms with Gasteiger partial charge in [-0.15, -0.1) is 0 Å². The number of benzene rings is 1. The van der Waals surface area contributed by atoms with E-state index in [2.05, 4.69) is 15.1 Å². The van der Waals surface area contributed by atoms with Gasteiger partial charge in [-0.25, -0.2) is 19.4 Å². The Balaban J connectivity index is 2.20. The maximum absolute atomic E-state index is 11.9. The molecular weight excluding hydrogens is 280 g/mol. The highest BCUT2D eigenvalue weighted by molar-refractivity contribution is 5.91. The van der Waals surface area contributed by atoms with Crippen molar-refractivity contribution < 1.29 is 9.53 Å². The lowest BCUT2D eigenvalue weighted by Crippen LogP contribution is -2.11. The van der Waals surface area contributed by atoms with Crippen molar-refractivity contribution >= 4 is 17.1 Å². The molecule has 2 aromatic heterocycles. The third-order valence-corrected chi connectivity index (χ3v) is 3.31. The lowest BCUT2D eigenvalue weighted by molar-refractivity contribution is 0.0518. The number of ether oxygens (including phenoxy) is 1. The van der Waals surface area contributed by atoms with E-state index in [1.165, 1.54) is 0 Å². The van der Waals surface area contributed by atoms with Gasteiger partial charge in [0.15, 0.2) is 11.3 Å².